The number of hydrogen-bond acceptors (Lipinski definition) is 5. The molecule has 5 heteroatoms. The molecule has 0 unspecified atom stereocenters. The van der Waals surface area contributed by atoms with Crippen LogP contribution in [0.3, 0.4) is 0 Å². The molecule has 0 N–H and O–H groups in total. The number of carbonyl (C=O) groups is 2. The summed E-state index contributed by atoms with van der Waals surface area (Å²) in [4.78, 5) is 27.4. The Kier molecular flexibility index (Phi) is 6.15. The Morgan fingerprint density at radius 3 is 2.50 bits per heavy atom. The Bertz CT molecular complexity index is 781. The predicted molar refractivity (Wildman–Crippen MR) is 98.4 cm³/mol. The summed E-state index contributed by atoms with van der Waals surface area (Å²) >= 11 is 0. The zero-order valence-electron chi connectivity index (χ0n) is 14.9. The topological polar surface area (TPSA) is 55.8 Å². The molecule has 0 atom stereocenters. The maximum absolute atomic E-state index is 13.0. The lowest BCUT2D eigenvalue weighted by Crippen LogP contribution is -2.35. The van der Waals surface area contributed by atoms with Crippen molar-refractivity contribution in [2.75, 3.05) is 32.9 Å². The monoisotopic (exact) mass is 353 g/mol. The first-order valence-electron chi connectivity index (χ1n) is 8.89. The number of nitrogens with zero attached hydrogens (tertiary/aromatic N) is 1. The highest BCUT2D eigenvalue weighted by atomic mass is 16.5. The molecule has 0 saturated carbocycles. The van der Waals surface area contributed by atoms with Crippen LogP contribution in [0.5, 0.6) is 0 Å². The van der Waals surface area contributed by atoms with Gasteiger partial charge in [-0.25, -0.2) is 4.79 Å². The Balaban J connectivity index is 1.82. The lowest BCUT2D eigenvalue weighted by Gasteiger charge is -2.26. The van der Waals surface area contributed by atoms with Crippen LogP contribution in [-0.2, 0) is 16.0 Å². The molecule has 136 valence electrons. The Hall–Kier alpha value is -2.50. The minimum Gasteiger partial charge on any atom is -0.462 e. The van der Waals surface area contributed by atoms with Crippen molar-refractivity contribution >= 4 is 11.8 Å². The highest BCUT2D eigenvalue weighted by Gasteiger charge is 2.19. The molecule has 0 spiro atoms. The van der Waals surface area contributed by atoms with Crippen LogP contribution < -0.4 is 0 Å². The van der Waals surface area contributed by atoms with Crippen molar-refractivity contribution in [3.8, 4) is 0 Å². The van der Waals surface area contributed by atoms with E-state index in [1.807, 2.05) is 18.2 Å². The van der Waals surface area contributed by atoms with Gasteiger partial charge in [0.05, 0.1) is 25.4 Å². The van der Waals surface area contributed by atoms with Gasteiger partial charge in [0.25, 0.3) is 0 Å². The zero-order valence-corrected chi connectivity index (χ0v) is 14.9. The van der Waals surface area contributed by atoms with Crippen molar-refractivity contribution in [3.05, 3.63) is 70.8 Å². The van der Waals surface area contributed by atoms with E-state index in [2.05, 4.69) is 4.90 Å². The van der Waals surface area contributed by atoms with E-state index in [0.717, 1.165) is 38.4 Å². The van der Waals surface area contributed by atoms with E-state index < -0.39 is 5.97 Å². The molecule has 0 aromatic heterocycles. The maximum Gasteiger partial charge on any atom is 0.338 e. The minimum atomic E-state index is -0.471. The van der Waals surface area contributed by atoms with Crippen LogP contribution in [0.2, 0.25) is 0 Å². The molecular formula is C21H23NO4. The van der Waals surface area contributed by atoms with Crippen molar-refractivity contribution in [2.24, 2.45) is 0 Å². The van der Waals surface area contributed by atoms with Gasteiger partial charge in [0.15, 0.2) is 5.78 Å². The average molecular weight is 353 g/mol. The van der Waals surface area contributed by atoms with Gasteiger partial charge in [-0.3, -0.25) is 9.69 Å². The van der Waals surface area contributed by atoms with Crippen molar-refractivity contribution in [1.29, 1.82) is 0 Å². The molecule has 0 radical (unpaired) electrons. The standard InChI is InChI=1S/C21H23NO4/c1-2-26-21(24)19-9-4-3-8-18(19)20(23)17-7-5-6-16(14-17)15-22-10-12-25-13-11-22/h3-9,14H,2,10-13,15H2,1H3. The first kappa shape index (κ1) is 18.3. The van der Waals surface area contributed by atoms with Gasteiger partial charge in [-0.05, 0) is 24.6 Å². The van der Waals surface area contributed by atoms with Crippen molar-refractivity contribution in [3.63, 3.8) is 0 Å². The Morgan fingerprint density at radius 1 is 1.04 bits per heavy atom. The van der Waals surface area contributed by atoms with Gasteiger partial charge in [-0.15, -0.1) is 0 Å². The summed E-state index contributed by atoms with van der Waals surface area (Å²) in [5.41, 5.74) is 2.33. The summed E-state index contributed by atoms with van der Waals surface area (Å²) in [5, 5.41) is 0. The van der Waals surface area contributed by atoms with E-state index in [-0.39, 0.29) is 12.4 Å². The normalized spacial score (nSPS) is 14.8. The molecule has 1 saturated heterocycles. The van der Waals surface area contributed by atoms with E-state index in [4.69, 9.17) is 9.47 Å². The third-order valence-electron chi connectivity index (χ3n) is 4.37. The smallest absolute Gasteiger partial charge is 0.338 e. The number of hydrogen-bond donors (Lipinski definition) is 0. The van der Waals surface area contributed by atoms with E-state index in [9.17, 15) is 9.59 Å². The molecule has 26 heavy (non-hydrogen) atoms. The van der Waals surface area contributed by atoms with Crippen molar-refractivity contribution < 1.29 is 19.1 Å². The minimum absolute atomic E-state index is 0.169. The molecule has 0 amide bonds. The lowest BCUT2D eigenvalue weighted by molar-refractivity contribution is 0.0342. The molecule has 1 aliphatic rings. The van der Waals surface area contributed by atoms with Crippen LogP contribution in [0.15, 0.2) is 48.5 Å². The number of carbonyl (C=O) groups excluding carboxylic acids is 2. The zero-order chi connectivity index (χ0) is 18.4. The fourth-order valence-electron chi connectivity index (χ4n) is 3.05. The van der Waals surface area contributed by atoms with E-state index in [1.54, 1.807) is 37.3 Å². The van der Waals surface area contributed by atoms with Crippen molar-refractivity contribution in [2.45, 2.75) is 13.5 Å². The van der Waals surface area contributed by atoms with Gasteiger partial charge in [0.1, 0.15) is 0 Å². The van der Waals surface area contributed by atoms with Gasteiger partial charge >= 0.3 is 5.97 Å². The lowest BCUT2D eigenvalue weighted by atomic mass is 9.97. The molecule has 0 bridgehead atoms. The largest absolute Gasteiger partial charge is 0.462 e. The number of benzene rings is 2. The summed E-state index contributed by atoms with van der Waals surface area (Å²) in [6.07, 6.45) is 0. The quantitative estimate of drug-likeness (QED) is 0.590. The Morgan fingerprint density at radius 2 is 1.77 bits per heavy atom. The fraction of sp³-hybridized carbons (Fsp3) is 0.333. The van der Waals surface area contributed by atoms with E-state index >= 15 is 0 Å². The van der Waals surface area contributed by atoms with Crippen LogP contribution in [-0.4, -0.2) is 49.6 Å². The number of ether oxygens (including phenoxy) is 2. The second-order valence-corrected chi connectivity index (χ2v) is 6.18. The van der Waals surface area contributed by atoms with Gasteiger partial charge < -0.3 is 9.47 Å². The van der Waals surface area contributed by atoms with Gasteiger partial charge in [-0.1, -0.05) is 36.4 Å². The van der Waals surface area contributed by atoms with E-state index in [1.165, 1.54) is 0 Å². The average Bonchev–Trinajstić information content (AvgIpc) is 2.68. The second kappa shape index (κ2) is 8.74. The highest BCUT2D eigenvalue weighted by Crippen LogP contribution is 2.18. The summed E-state index contributed by atoms with van der Waals surface area (Å²) < 4.78 is 10.4. The molecule has 1 fully saturated rings. The molecule has 2 aromatic carbocycles. The van der Waals surface area contributed by atoms with Crippen LogP contribution in [0.4, 0.5) is 0 Å². The molecule has 1 heterocycles. The first-order valence-corrected chi connectivity index (χ1v) is 8.89. The van der Waals surface area contributed by atoms with Gasteiger partial charge in [-0.2, -0.15) is 0 Å². The summed E-state index contributed by atoms with van der Waals surface area (Å²) in [5.74, 6) is -0.640. The number of esters is 1. The molecular weight excluding hydrogens is 330 g/mol. The predicted octanol–water partition coefficient (Wildman–Crippen LogP) is 2.93. The van der Waals surface area contributed by atoms with Crippen LogP contribution in [0.1, 0.15) is 38.8 Å². The molecule has 2 aromatic rings. The fourth-order valence-corrected chi connectivity index (χ4v) is 3.05. The molecule has 1 aliphatic heterocycles. The maximum atomic E-state index is 13.0. The second-order valence-electron chi connectivity index (χ2n) is 6.18. The summed E-state index contributed by atoms with van der Waals surface area (Å²) in [6, 6.07) is 14.4. The number of morpholine rings is 1. The summed E-state index contributed by atoms with van der Waals surface area (Å²) in [7, 11) is 0. The third-order valence-corrected chi connectivity index (χ3v) is 4.37. The highest BCUT2D eigenvalue weighted by molar-refractivity contribution is 6.14. The molecule has 0 aliphatic carbocycles. The van der Waals surface area contributed by atoms with Crippen LogP contribution in [0, 0.1) is 0 Å². The SMILES string of the molecule is CCOC(=O)c1ccccc1C(=O)c1cccc(CN2CCOCC2)c1. The Labute approximate surface area is 153 Å². The van der Waals surface area contributed by atoms with Crippen molar-refractivity contribution in [1.82, 2.24) is 4.90 Å². The number of ketones is 1. The molecule has 5 nitrogen and oxygen atoms in total. The summed E-state index contributed by atoms with van der Waals surface area (Å²) in [6.45, 7) is 6.07. The first-order chi connectivity index (χ1) is 12.7. The van der Waals surface area contributed by atoms with E-state index in [0.29, 0.717) is 16.7 Å². The van der Waals surface area contributed by atoms with Gasteiger partial charge in [0, 0.05) is 30.8 Å². The van der Waals surface area contributed by atoms with Gasteiger partial charge in [0.2, 0.25) is 0 Å². The van der Waals surface area contributed by atoms with Crippen LogP contribution >= 0.6 is 0 Å². The number of rotatable bonds is 6. The molecule has 3 rings (SSSR count). The van der Waals surface area contributed by atoms with Crippen LogP contribution in [0.25, 0.3) is 0 Å². The third kappa shape index (κ3) is 4.36.